The number of amides is 1. The van der Waals surface area contributed by atoms with E-state index in [0.717, 1.165) is 0 Å². The second-order valence-corrected chi connectivity index (χ2v) is 11.2. The standard InChI is InChI=1S/C22H24FN3O6S2/c1-14-12-16(25-32-14)13-33-22(2,3)20(21(27)24-28)26-34(29,30)19-10-8-18(9-11-19)31-17-6-4-15(23)5-7-17/h4-12,20,26,28H,13H2,1-3H3,(H,24,27)/t20-/m1/s1. The second-order valence-electron chi connectivity index (χ2n) is 7.88. The number of hydrogen-bond donors (Lipinski definition) is 3. The summed E-state index contributed by atoms with van der Waals surface area (Å²) >= 11 is 1.27. The topological polar surface area (TPSA) is 131 Å². The Morgan fingerprint density at radius 3 is 2.29 bits per heavy atom. The fraction of sp³-hybridized carbons (Fsp3) is 0.273. The molecule has 2 aromatic carbocycles. The predicted molar refractivity (Wildman–Crippen MR) is 124 cm³/mol. The van der Waals surface area contributed by atoms with Crippen LogP contribution < -0.4 is 14.9 Å². The fourth-order valence-corrected chi connectivity index (χ4v) is 5.36. The molecule has 0 aliphatic carbocycles. The molecule has 1 aromatic heterocycles. The zero-order chi connectivity index (χ0) is 24.9. The zero-order valence-corrected chi connectivity index (χ0v) is 20.2. The van der Waals surface area contributed by atoms with E-state index < -0.39 is 32.5 Å². The third kappa shape index (κ3) is 6.56. The lowest BCUT2D eigenvalue weighted by Gasteiger charge is -2.32. The molecule has 182 valence electrons. The van der Waals surface area contributed by atoms with Gasteiger partial charge in [0.05, 0.1) is 10.6 Å². The first-order chi connectivity index (χ1) is 16.0. The highest BCUT2D eigenvalue weighted by atomic mass is 32.2. The molecule has 0 saturated heterocycles. The van der Waals surface area contributed by atoms with E-state index in [9.17, 15) is 22.8 Å². The number of hydrogen-bond acceptors (Lipinski definition) is 8. The number of nitrogens with zero attached hydrogens (tertiary/aromatic N) is 1. The monoisotopic (exact) mass is 509 g/mol. The van der Waals surface area contributed by atoms with Crippen LogP contribution in [0.5, 0.6) is 11.5 Å². The van der Waals surface area contributed by atoms with E-state index in [1.54, 1.807) is 26.8 Å². The quantitative estimate of drug-likeness (QED) is 0.278. The van der Waals surface area contributed by atoms with Gasteiger partial charge >= 0.3 is 0 Å². The van der Waals surface area contributed by atoms with Crippen molar-refractivity contribution in [1.29, 1.82) is 0 Å². The molecule has 1 heterocycles. The van der Waals surface area contributed by atoms with E-state index in [1.165, 1.54) is 65.8 Å². The van der Waals surface area contributed by atoms with Crippen LogP contribution in [-0.2, 0) is 20.6 Å². The van der Waals surface area contributed by atoms with Crippen molar-refractivity contribution in [2.24, 2.45) is 0 Å². The van der Waals surface area contributed by atoms with E-state index in [-0.39, 0.29) is 4.90 Å². The van der Waals surface area contributed by atoms with E-state index >= 15 is 0 Å². The number of thioether (sulfide) groups is 1. The van der Waals surface area contributed by atoms with Gasteiger partial charge < -0.3 is 9.26 Å². The van der Waals surface area contributed by atoms with Crippen molar-refractivity contribution in [2.45, 2.75) is 42.2 Å². The third-order valence-corrected chi connectivity index (χ3v) is 7.65. The number of aromatic nitrogens is 1. The first kappa shape index (κ1) is 25.7. The second kappa shape index (κ2) is 10.6. The van der Waals surface area contributed by atoms with Crippen LogP contribution in [0.2, 0.25) is 0 Å². The summed E-state index contributed by atoms with van der Waals surface area (Å²) in [7, 11) is -4.15. The van der Waals surface area contributed by atoms with Gasteiger partial charge in [-0.15, -0.1) is 11.8 Å². The molecule has 0 unspecified atom stereocenters. The Labute approximate surface area is 200 Å². The molecular formula is C22H24FN3O6S2. The smallest absolute Gasteiger partial charge is 0.262 e. The highest BCUT2D eigenvalue weighted by molar-refractivity contribution is 8.00. The summed E-state index contributed by atoms with van der Waals surface area (Å²) in [5, 5.41) is 13.1. The van der Waals surface area contributed by atoms with Crippen molar-refractivity contribution in [3.05, 3.63) is 71.9 Å². The van der Waals surface area contributed by atoms with Gasteiger partial charge in [0, 0.05) is 16.6 Å². The van der Waals surface area contributed by atoms with Gasteiger partial charge in [-0.3, -0.25) is 10.0 Å². The molecule has 9 nitrogen and oxygen atoms in total. The largest absolute Gasteiger partial charge is 0.457 e. The number of aryl methyl sites for hydroxylation is 1. The average Bonchev–Trinajstić information content (AvgIpc) is 3.23. The maximum absolute atomic E-state index is 13.0. The van der Waals surface area contributed by atoms with Crippen LogP contribution >= 0.6 is 11.8 Å². The molecule has 0 aliphatic rings. The molecule has 0 fully saturated rings. The minimum Gasteiger partial charge on any atom is -0.457 e. The van der Waals surface area contributed by atoms with Gasteiger partial charge in [-0.2, -0.15) is 4.72 Å². The molecule has 0 bridgehead atoms. The lowest BCUT2D eigenvalue weighted by Crippen LogP contribution is -2.55. The molecule has 1 amide bonds. The first-order valence-electron chi connectivity index (χ1n) is 10.1. The van der Waals surface area contributed by atoms with Gasteiger partial charge in [0.1, 0.15) is 29.1 Å². The van der Waals surface area contributed by atoms with Crippen LogP contribution in [0.3, 0.4) is 0 Å². The van der Waals surface area contributed by atoms with Crippen LogP contribution in [-0.4, -0.2) is 35.5 Å². The highest BCUT2D eigenvalue weighted by Gasteiger charge is 2.39. The number of hydroxylamine groups is 1. The van der Waals surface area contributed by atoms with Crippen molar-refractivity contribution < 1.29 is 32.1 Å². The molecule has 0 saturated carbocycles. The summed E-state index contributed by atoms with van der Waals surface area (Å²) in [6.45, 7) is 5.09. The van der Waals surface area contributed by atoms with Crippen molar-refractivity contribution in [3.63, 3.8) is 0 Å². The van der Waals surface area contributed by atoms with E-state index in [0.29, 0.717) is 28.7 Å². The summed E-state index contributed by atoms with van der Waals surface area (Å²) in [6, 6.07) is 11.3. The number of sulfonamides is 1. The minimum absolute atomic E-state index is 0.109. The lowest BCUT2D eigenvalue weighted by molar-refractivity contribution is -0.131. The average molecular weight is 510 g/mol. The van der Waals surface area contributed by atoms with E-state index in [1.807, 2.05) is 0 Å². The maximum atomic E-state index is 13.0. The Balaban J connectivity index is 1.74. The number of ether oxygens (including phenoxy) is 1. The summed E-state index contributed by atoms with van der Waals surface area (Å²) in [4.78, 5) is 12.3. The van der Waals surface area contributed by atoms with Crippen molar-refractivity contribution in [3.8, 4) is 11.5 Å². The van der Waals surface area contributed by atoms with Gasteiger partial charge in [-0.25, -0.2) is 18.3 Å². The van der Waals surface area contributed by atoms with Crippen molar-refractivity contribution in [1.82, 2.24) is 15.4 Å². The molecule has 3 aromatic rings. The molecule has 0 spiro atoms. The lowest BCUT2D eigenvalue weighted by atomic mass is 10.0. The SMILES string of the molecule is Cc1cc(CSC(C)(C)[C@H](NS(=O)(=O)c2ccc(Oc3ccc(F)cc3)cc2)C(=O)NO)no1. The Hall–Kier alpha value is -2.93. The molecular weight excluding hydrogens is 485 g/mol. The fourth-order valence-electron chi connectivity index (χ4n) is 2.95. The van der Waals surface area contributed by atoms with Crippen molar-refractivity contribution in [2.75, 3.05) is 0 Å². The number of rotatable bonds is 10. The van der Waals surface area contributed by atoms with Gasteiger partial charge in [-0.05, 0) is 69.3 Å². The molecule has 0 aliphatic heterocycles. The Bertz CT molecular complexity index is 1230. The van der Waals surface area contributed by atoms with Crippen LogP contribution in [0.25, 0.3) is 0 Å². The van der Waals surface area contributed by atoms with Gasteiger partial charge in [0.15, 0.2) is 0 Å². The first-order valence-corrected chi connectivity index (χ1v) is 12.5. The van der Waals surface area contributed by atoms with E-state index in [2.05, 4.69) is 9.88 Å². The third-order valence-electron chi connectivity index (χ3n) is 4.79. The number of halogens is 1. The highest BCUT2D eigenvalue weighted by Crippen LogP contribution is 2.32. The summed E-state index contributed by atoms with van der Waals surface area (Å²) < 4.78 is 51.0. The van der Waals surface area contributed by atoms with Crippen LogP contribution in [0.4, 0.5) is 4.39 Å². The zero-order valence-electron chi connectivity index (χ0n) is 18.6. The van der Waals surface area contributed by atoms with Crippen LogP contribution in [0, 0.1) is 12.7 Å². The predicted octanol–water partition coefficient (Wildman–Crippen LogP) is 3.78. The van der Waals surface area contributed by atoms with Crippen LogP contribution in [0.1, 0.15) is 25.3 Å². The summed E-state index contributed by atoms with van der Waals surface area (Å²) in [5.74, 6) is 0.402. The molecule has 0 radical (unpaired) electrons. The van der Waals surface area contributed by atoms with E-state index in [4.69, 9.17) is 9.26 Å². The normalized spacial score (nSPS) is 12.9. The molecule has 1 atom stereocenters. The molecule has 12 heteroatoms. The Kier molecular flexibility index (Phi) is 7.97. The summed E-state index contributed by atoms with van der Waals surface area (Å²) in [5.41, 5.74) is 2.17. The molecule has 34 heavy (non-hydrogen) atoms. The van der Waals surface area contributed by atoms with Crippen molar-refractivity contribution >= 4 is 27.7 Å². The number of benzene rings is 2. The van der Waals surface area contributed by atoms with Crippen LogP contribution in [0.15, 0.2) is 64.0 Å². The Morgan fingerprint density at radius 1 is 1.18 bits per heavy atom. The molecule has 3 N–H and O–H groups in total. The number of carbonyl (C=O) groups excluding carboxylic acids is 1. The van der Waals surface area contributed by atoms with Gasteiger partial charge in [0.25, 0.3) is 5.91 Å². The number of carbonyl (C=O) groups is 1. The Morgan fingerprint density at radius 2 is 1.76 bits per heavy atom. The van der Waals surface area contributed by atoms with Gasteiger partial charge in [-0.1, -0.05) is 5.16 Å². The molecule has 3 rings (SSSR count). The summed E-state index contributed by atoms with van der Waals surface area (Å²) in [6.07, 6.45) is 0. The number of nitrogens with one attached hydrogen (secondary N) is 2. The van der Waals surface area contributed by atoms with Gasteiger partial charge in [0.2, 0.25) is 10.0 Å². The maximum Gasteiger partial charge on any atom is 0.262 e. The minimum atomic E-state index is -4.15.